The Kier molecular flexibility index (Phi) is 6.14. The highest BCUT2D eigenvalue weighted by Gasteiger charge is 2.24. The molecule has 0 fully saturated rings. The number of hydrogen-bond acceptors (Lipinski definition) is 7. The summed E-state index contributed by atoms with van der Waals surface area (Å²) in [6.07, 6.45) is 0. The van der Waals surface area contributed by atoms with Gasteiger partial charge in [0.25, 0.3) is 0 Å². The van der Waals surface area contributed by atoms with Crippen molar-refractivity contribution < 1.29 is 19.4 Å². The standard InChI is InChI=1S/C17H24N4O4S/c1-6-25-14(23)11-9-12(21(20-11)7-8-22)13-10(2)18-16(26-13)19-15(24)17(3,4)5/h9,22H,6-8H2,1-5H3,(H,18,19,24). The Labute approximate surface area is 156 Å². The van der Waals surface area contributed by atoms with E-state index in [-0.39, 0.29) is 31.4 Å². The Balaban J connectivity index is 2.38. The van der Waals surface area contributed by atoms with E-state index in [1.54, 1.807) is 17.7 Å². The number of aromatic nitrogens is 3. The number of carbonyl (C=O) groups is 2. The van der Waals surface area contributed by atoms with Crippen molar-refractivity contribution in [3.63, 3.8) is 0 Å². The number of nitrogens with one attached hydrogen (secondary N) is 1. The maximum absolute atomic E-state index is 12.2. The minimum Gasteiger partial charge on any atom is -0.461 e. The van der Waals surface area contributed by atoms with Crippen LogP contribution in [0.3, 0.4) is 0 Å². The molecule has 0 saturated carbocycles. The molecule has 26 heavy (non-hydrogen) atoms. The normalized spacial score (nSPS) is 11.5. The average molecular weight is 380 g/mol. The van der Waals surface area contributed by atoms with E-state index in [4.69, 9.17) is 4.74 Å². The van der Waals surface area contributed by atoms with E-state index in [0.29, 0.717) is 16.5 Å². The van der Waals surface area contributed by atoms with Gasteiger partial charge in [-0.2, -0.15) is 5.10 Å². The number of anilines is 1. The lowest BCUT2D eigenvalue weighted by Crippen LogP contribution is -2.27. The molecule has 2 aromatic rings. The highest BCUT2D eigenvalue weighted by molar-refractivity contribution is 7.19. The van der Waals surface area contributed by atoms with Crippen molar-refractivity contribution in [3.8, 4) is 10.6 Å². The molecule has 0 spiro atoms. The van der Waals surface area contributed by atoms with Crippen LogP contribution in [0.2, 0.25) is 0 Å². The first-order chi connectivity index (χ1) is 12.2. The van der Waals surface area contributed by atoms with E-state index < -0.39 is 11.4 Å². The summed E-state index contributed by atoms with van der Waals surface area (Å²) in [6.45, 7) is 9.38. The van der Waals surface area contributed by atoms with E-state index in [1.807, 2.05) is 27.7 Å². The van der Waals surface area contributed by atoms with E-state index in [2.05, 4.69) is 15.4 Å². The first-order valence-corrected chi connectivity index (χ1v) is 9.14. The van der Waals surface area contributed by atoms with Crippen molar-refractivity contribution in [2.24, 2.45) is 5.41 Å². The summed E-state index contributed by atoms with van der Waals surface area (Å²) in [5.41, 5.74) is 0.987. The third-order valence-corrected chi connectivity index (χ3v) is 4.60. The number of hydrogen-bond donors (Lipinski definition) is 2. The fourth-order valence-corrected chi connectivity index (χ4v) is 3.12. The largest absolute Gasteiger partial charge is 0.461 e. The molecule has 2 heterocycles. The molecule has 0 unspecified atom stereocenters. The van der Waals surface area contributed by atoms with Crippen LogP contribution in [0, 0.1) is 12.3 Å². The van der Waals surface area contributed by atoms with Crippen LogP contribution < -0.4 is 5.32 Å². The zero-order chi connectivity index (χ0) is 19.5. The highest BCUT2D eigenvalue weighted by atomic mass is 32.1. The summed E-state index contributed by atoms with van der Waals surface area (Å²) in [5.74, 6) is -0.650. The molecule has 8 nitrogen and oxygen atoms in total. The van der Waals surface area contributed by atoms with Gasteiger partial charge in [-0.1, -0.05) is 32.1 Å². The van der Waals surface area contributed by atoms with Gasteiger partial charge in [-0.25, -0.2) is 9.78 Å². The number of esters is 1. The van der Waals surface area contributed by atoms with Crippen LogP contribution in [0.5, 0.6) is 0 Å². The van der Waals surface area contributed by atoms with Crippen molar-refractivity contribution in [2.75, 3.05) is 18.5 Å². The molecule has 0 atom stereocenters. The van der Waals surface area contributed by atoms with Crippen LogP contribution in [0.1, 0.15) is 43.9 Å². The minimum absolute atomic E-state index is 0.123. The number of rotatable bonds is 6. The second-order valence-corrected chi connectivity index (χ2v) is 7.72. The van der Waals surface area contributed by atoms with Crippen molar-refractivity contribution in [3.05, 3.63) is 17.5 Å². The molecule has 0 aliphatic heterocycles. The molecule has 2 aromatic heterocycles. The summed E-state index contributed by atoms with van der Waals surface area (Å²) < 4.78 is 6.53. The van der Waals surface area contributed by atoms with Crippen molar-refractivity contribution in [1.82, 2.24) is 14.8 Å². The van der Waals surface area contributed by atoms with E-state index in [9.17, 15) is 14.7 Å². The van der Waals surface area contributed by atoms with Crippen molar-refractivity contribution in [2.45, 2.75) is 41.2 Å². The monoisotopic (exact) mass is 380 g/mol. The predicted molar refractivity (Wildman–Crippen MR) is 99.2 cm³/mol. The molecule has 0 radical (unpaired) electrons. The SMILES string of the molecule is CCOC(=O)c1cc(-c2sc(NC(=O)C(C)(C)C)nc2C)n(CCO)n1. The second kappa shape index (κ2) is 7.96. The van der Waals surface area contributed by atoms with E-state index in [0.717, 1.165) is 4.88 Å². The smallest absolute Gasteiger partial charge is 0.358 e. The fraction of sp³-hybridized carbons (Fsp3) is 0.529. The summed E-state index contributed by atoms with van der Waals surface area (Å²) in [4.78, 5) is 29.3. The lowest BCUT2D eigenvalue weighted by Gasteiger charge is -2.15. The van der Waals surface area contributed by atoms with Crippen molar-refractivity contribution in [1.29, 1.82) is 0 Å². The Hall–Kier alpha value is -2.26. The van der Waals surface area contributed by atoms with Crippen molar-refractivity contribution >= 4 is 28.3 Å². The van der Waals surface area contributed by atoms with E-state index >= 15 is 0 Å². The first-order valence-electron chi connectivity index (χ1n) is 8.32. The zero-order valence-electron chi connectivity index (χ0n) is 15.6. The number of aliphatic hydroxyl groups is 1. The third-order valence-electron chi connectivity index (χ3n) is 3.51. The van der Waals surface area contributed by atoms with Gasteiger partial charge in [0.1, 0.15) is 0 Å². The van der Waals surface area contributed by atoms with Gasteiger partial charge in [0.05, 0.1) is 36.0 Å². The number of aryl methyl sites for hydroxylation is 1. The number of aliphatic hydroxyl groups excluding tert-OH is 1. The van der Waals surface area contributed by atoms with Gasteiger partial charge < -0.3 is 15.2 Å². The Morgan fingerprint density at radius 2 is 2.08 bits per heavy atom. The molecule has 0 bridgehead atoms. The lowest BCUT2D eigenvalue weighted by atomic mass is 9.96. The molecule has 1 amide bonds. The summed E-state index contributed by atoms with van der Waals surface area (Å²) in [7, 11) is 0. The molecular weight excluding hydrogens is 356 g/mol. The summed E-state index contributed by atoms with van der Waals surface area (Å²) in [5, 5.41) is 16.8. The number of thiazole rings is 1. The van der Waals surface area contributed by atoms with Gasteiger partial charge in [-0.15, -0.1) is 0 Å². The highest BCUT2D eigenvalue weighted by Crippen LogP contribution is 2.34. The molecule has 2 N–H and O–H groups in total. The Bertz CT molecular complexity index is 804. The second-order valence-electron chi connectivity index (χ2n) is 6.72. The van der Waals surface area contributed by atoms with Crippen LogP contribution >= 0.6 is 11.3 Å². The van der Waals surface area contributed by atoms with Crippen LogP contribution in [-0.2, 0) is 16.1 Å². The predicted octanol–water partition coefficient (Wildman–Crippen LogP) is 2.47. The lowest BCUT2D eigenvalue weighted by molar-refractivity contribution is -0.123. The Morgan fingerprint density at radius 3 is 2.65 bits per heavy atom. The van der Waals surface area contributed by atoms with Gasteiger partial charge in [0, 0.05) is 5.41 Å². The molecule has 0 aromatic carbocycles. The third kappa shape index (κ3) is 4.47. The zero-order valence-corrected chi connectivity index (χ0v) is 16.4. The molecule has 0 aliphatic carbocycles. The fourth-order valence-electron chi connectivity index (χ4n) is 2.14. The summed E-state index contributed by atoms with van der Waals surface area (Å²) >= 11 is 1.30. The molecule has 2 rings (SSSR count). The van der Waals surface area contributed by atoms with Gasteiger partial charge in [0.15, 0.2) is 10.8 Å². The number of amides is 1. The summed E-state index contributed by atoms with van der Waals surface area (Å²) in [6, 6.07) is 1.61. The molecule has 142 valence electrons. The van der Waals surface area contributed by atoms with Crippen LogP contribution in [-0.4, -0.2) is 45.0 Å². The van der Waals surface area contributed by atoms with Gasteiger partial charge in [-0.05, 0) is 19.9 Å². The minimum atomic E-state index is -0.532. The van der Waals surface area contributed by atoms with Crippen LogP contribution in [0.15, 0.2) is 6.07 Å². The number of carbonyl (C=O) groups excluding carboxylic acids is 2. The number of ether oxygens (including phenoxy) is 1. The van der Waals surface area contributed by atoms with Crippen LogP contribution in [0.25, 0.3) is 10.6 Å². The van der Waals surface area contributed by atoms with Gasteiger partial charge >= 0.3 is 5.97 Å². The average Bonchev–Trinajstić information content (AvgIpc) is 3.10. The quantitative estimate of drug-likeness (QED) is 0.746. The Morgan fingerprint density at radius 1 is 1.38 bits per heavy atom. The first kappa shape index (κ1) is 20.1. The molecule has 0 saturated heterocycles. The maximum Gasteiger partial charge on any atom is 0.358 e. The van der Waals surface area contributed by atoms with Gasteiger partial charge in [0.2, 0.25) is 5.91 Å². The number of nitrogens with zero attached hydrogens (tertiary/aromatic N) is 3. The molecule has 9 heteroatoms. The molecular formula is C17H24N4O4S. The topological polar surface area (TPSA) is 106 Å². The molecule has 0 aliphatic rings. The van der Waals surface area contributed by atoms with E-state index in [1.165, 1.54) is 11.3 Å². The van der Waals surface area contributed by atoms with Crippen LogP contribution in [0.4, 0.5) is 5.13 Å². The van der Waals surface area contributed by atoms with Gasteiger partial charge in [-0.3, -0.25) is 9.48 Å². The maximum atomic E-state index is 12.2.